The van der Waals surface area contributed by atoms with Gasteiger partial charge in [0.25, 0.3) is 0 Å². The van der Waals surface area contributed by atoms with Crippen LogP contribution in [0.5, 0.6) is 0 Å². The minimum absolute atomic E-state index is 0.187. The van der Waals surface area contributed by atoms with Gasteiger partial charge in [0.05, 0.1) is 5.25 Å². The Morgan fingerprint density at radius 3 is 2.33 bits per heavy atom. The summed E-state index contributed by atoms with van der Waals surface area (Å²) in [5, 5.41) is 14.1. The number of aromatic nitrogens is 3. The molecule has 4 nitrogen and oxygen atoms in total. The van der Waals surface area contributed by atoms with Gasteiger partial charge in [0.15, 0.2) is 5.82 Å². The van der Waals surface area contributed by atoms with E-state index in [9.17, 15) is 0 Å². The molecular weight excluding hydrogens is 280 g/mol. The highest BCUT2D eigenvalue weighted by Crippen LogP contribution is 2.37. The van der Waals surface area contributed by atoms with E-state index in [0.29, 0.717) is 0 Å². The smallest absolute Gasteiger partial charge is 0.187 e. The number of nitrogens with zero attached hydrogens (tertiary/aromatic N) is 4. The Labute approximate surface area is 126 Å². The first-order valence-corrected chi connectivity index (χ1v) is 7.57. The zero-order chi connectivity index (χ0) is 14.1. The maximum Gasteiger partial charge on any atom is 0.213 e. The molecule has 5 heteroatoms. The highest BCUT2D eigenvalue weighted by atomic mass is 32.2. The van der Waals surface area contributed by atoms with Crippen molar-refractivity contribution in [3.8, 4) is 11.4 Å². The Balaban J connectivity index is 1.70. The summed E-state index contributed by atoms with van der Waals surface area (Å²) in [5.41, 5.74) is 2.24. The van der Waals surface area contributed by atoms with Gasteiger partial charge in [0.2, 0.25) is 5.16 Å². The van der Waals surface area contributed by atoms with Crippen molar-refractivity contribution in [2.75, 3.05) is 0 Å². The fraction of sp³-hybridized carbons (Fsp3) is 0.0625. The van der Waals surface area contributed by atoms with Gasteiger partial charge in [-0.2, -0.15) is 9.78 Å². The summed E-state index contributed by atoms with van der Waals surface area (Å²) in [5.74, 6) is 0.779. The first kappa shape index (κ1) is 12.3. The van der Waals surface area contributed by atoms with Crippen molar-refractivity contribution in [1.82, 2.24) is 14.9 Å². The van der Waals surface area contributed by atoms with Gasteiger partial charge in [-0.15, -0.1) is 10.2 Å². The van der Waals surface area contributed by atoms with E-state index in [2.05, 4.69) is 27.4 Å². The number of hydrogen-bond acceptors (Lipinski definition) is 4. The first-order chi connectivity index (χ1) is 10.4. The molecule has 102 valence electrons. The second kappa shape index (κ2) is 5.18. The van der Waals surface area contributed by atoms with Gasteiger partial charge in [0, 0.05) is 11.8 Å². The van der Waals surface area contributed by atoms with Crippen molar-refractivity contribution in [3.05, 3.63) is 66.2 Å². The van der Waals surface area contributed by atoms with Crippen LogP contribution in [0, 0.1) is 0 Å². The molecule has 2 heterocycles. The summed E-state index contributed by atoms with van der Waals surface area (Å²) in [6.45, 7) is 0. The third-order valence-electron chi connectivity index (χ3n) is 3.32. The summed E-state index contributed by atoms with van der Waals surface area (Å²) in [7, 11) is 0. The van der Waals surface area contributed by atoms with Crippen LogP contribution in [0.15, 0.2) is 70.9 Å². The lowest BCUT2D eigenvalue weighted by molar-refractivity contribution is 0.759. The van der Waals surface area contributed by atoms with Crippen molar-refractivity contribution >= 4 is 18.0 Å². The lowest BCUT2D eigenvalue weighted by Crippen LogP contribution is -2.07. The maximum absolute atomic E-state index is 4.53. The second-order valence-corrected chi connectivity index (χ2v) is 5.81. The van der Waals surface area contributed by atoms with E-state index in [1.165, 1.54) is 5.56 Å². The van der Waals surface area contributed by atoms with Crippen LogP contribution in [0.3, 0.4) is 0 Å². The number of benzene rings is 2. The number of rotatable bonds is 2. The molecular formula is C16H12N4S. The largest absolute Gasteiger partial charge is 0.213 e. The van der Waals surface area contributed by atoms with Gasteiger partial charge in [-0.3, -0.25) is 0 Å². The van der Waals surface area contributed by atoms with E-state index in [0.717, 1.165) is 16.5 Å². The zero-order valence-corrected chi connectivity index (χ0v) is 11.9. The Bertz CT molecular complexity index is 781. The predicted octanol–water partition coefficient (Wildman–Crippen LogP) is 3.63. The van der Waals surface area contributed by atoms with Crippen molar-refractivity contribution in [3.63, 3.8) is 0 Å². The SMILES string of the molecule is C1=Nn2c(nnc2-c2ccccc2)SC1c1ccccc1. The molecule has 1 aromatic heterocycles. The Hall–Kier alpha value is -2.40. The van der Waals surface area contributed by atoms with E-state index in [1.807, 2.05) is 54.7 Å². The summed E-state index contributed by atoms with van der Waals surface area (Å²) in [6.07, 6.45) is 1.95. The van der Waals surface area contributed by atoms with Crippen LogP contribution in [0.1, 0.15) is 10.8 Å². The topological polar surface area (TPSA) is 43.1 Å². The second-order valence-electron chi connectivity index (χ2n) is 4.70. The molecule has 2 aromatic carbocycles. The van der Waals surface area contributed by atoms with Gasteiger partial charge in [-0.25, -0.2) is 0 Å². The lowest BCUT2D eigenvalue weighted by atomic mass is 10.2. The molecule has 4 rings (SSSR count). The van der Waals surface area contributed by atoms with Crippen molar-refractivity contribution in [2.24, 2.45) is 5.10 Å². The summed E-state index contributed by atoms with van der Waals surface area (Å²) in [4.78, 5) is 0. The Morgan fingerprint density at radius 1 is 0.857 bits per heavy atom. The van der Waals surface area contributed by atoms with Crippen LogP contribution in [-0.2, 0) is 0 Å². The summed E-state index contributed by atoms with van der Waals surface area (Å²) in [6, 6.07) is 20.3. The highest BCUT2D eigenvalue weighted by Gasteiger charge is 2.22. The molecule has 0 aliphatic carbocycles. The molecule has 0 amide bonds. The minimum Gasteiger partial charge on any atom is -0.187 e. The third-order valence-corrected chi connectivity index (χ3v) is 4.44. The van der Waals surface area contributed by atoms with Crippen LogP contribution in [0.4, 0.5) is 0 Å². The van der Waals surface area contributed by atoms with Gasteiger partial charge in [-0.1, -0.05) is 72.4 Å². The molecule has 21 heavy (non-hydrogen) atoms. The normalized spacial score (nSPS) is 16.7. The zero-order valence-electron chi connectivity index (χ0n) is 11.1. The lowest BCUT2D eigenvalue weighted by Gasteiger charge is -2.16. The quantitative estimate of drug-likeness (QED) is 0.724. The van der Waals surface area contributed by atoms with Crippen molar-refractivity contribution in [2.45, 2.75) is 10.4 Å². The minimum atomic E-state index is 0.187. The number of thioether (sulfide) groups is 1. The van der Waals surface area contributed by atoms with Crippen molar-refractivity contribution in [1.29, 1.82) is 0 Å². The van der Waals surface area contributed by atoms with Crippen LogP contribution < -0.4 is 0 Å². The van der Waals surface area contributed by atoms with Crippen LogP contribution in [-0.4, -0.2) is 21.1 Å². The van der Waals surface area contributed by atoms with Crippen LogP contribution in [0.2, 0.25) is 0 Å². The molecule has 1 aliphatic rings. The van der Waals surface area contributed by atoms with Crippen LogP contribution in [0.25, 0.3) is 11.4 Å². The maximum atomic E-state index is 4.53. The molecule has 3 aromatic rings. The van der Waals surface area contributed by atoms with E-state index in [-0.39, 0.29) is 5.25 Å². The highest BCUT2D eigenvalue weighted by molar-refractivity contribution is 8.00. The number of fused-ring (bicyclic) bond motifs is 1. The first-order valence-electron chi connectivity index (χ1n) is 6.69. The van der Waals surface area contributed by atoms with Gasteiger partial charge < -0.3 is 0 Å². The standard InChI is InChI=1S/C16H12N4S/c1-3-7-12(8-4-1)14-11-17-20-15(18-19-16(20)21-14)13-9-5-2-6-10-13/h1-11,14H. The average Bonchev–Trinajstić information content (AvgIpc) is 2.99. The molecule has 0 N–H and O–H groups in total. The van der Waals surface area contributed by atoms with Gasteiger partial charge >= 0.3 is 0 Å². The van der Waals surface area contributed by atoms with E-state index in [4.69, 9.17) is 0 Å². The Kier molecular flexibility index (Phi) is 3.05. The molecule has 0 saturated carbocycles. The van der Waals surface area contributed by atoms with Crippen molar-refractivity contribution < 1.29 is 0 Å². The molecule has 1 unspecified atom stereocenters. The number of hydrogen-bond donors (Lipinski definition) is 0. The summed E-state index contributed by atoms with van der Waals surface area (Å²) < 4.78 is 1.80. The van der Waals surface area contributed by atoms with Gasteiger partial charge in [0.1, 0.15) is 0 Å². The van der Waals surface area contributed by atoms with Gasteiger partial charge in [-0.05, 0) is 5.56 Å². The molecule has 0 radical (unpaired) electrons. The molecule has 0 spiro atoms. The predicted molar refractivity (Wildman–Crippen MR) is 84.4 cm³/mol. The fourth-order valence-corrected chi connectivity index (χ4v) is 3.24. The van der Waals surface area contributed by atoms with E-state index >= 15 is 0 Å². The van der Waals surface area contributed by atoms with Crippen LogP contribution >= 0.6 is 11.8 Å². The third kappa shape index (κ3) is 2.25. The van der Waals surface area contributed by atoms with E-state index < -0.39 is 0 Å². The molecule has 1 atom stereocenters. The average molecular weight is 292 g/mol. The summed E-state index contributed by atoms with van der Waals surface area (Å²) >= 11 is 1.67. The molecule has 0 fully saturated rings. The van der Waals surface area contributed by atoms with E-state index in [1.54, 1.807) is 16.4 Å². The Morgan fingerprint density at radius 2 is 1.57 bits per heavy atom. The fourth-order valence-electron chi connectivity index (χ4n) is 2.28. The molecule has 1 aliphatic heterocycles. The monoisotopic (exact) mass is 292 g/mol. The molecule has 0 bridgehead atoms. The molecule has 0 saturated heterocycles.